The molecule has 0 aliphatic carbocycles. The van der Waals surface area contributed by atoms with Crippen molar-refractivity contribution in [3.8, 4) is 16.9 Å². The third-order valence-corrected chi connectivity index (χ3v) is 6.31. The van der Waals surface area contributed by atoms with Gasteiger partial charge in [0.1, 0.15) is 0 Å². The second kappa shape index (κ2) is 11.7. The molecule has 0 fully saturated rings. The lowest BCUT2D eigenvalue weighted by Crippen LogP contribution is -2.23. The average Bonchev–Trinajstić information content (AvgIpc) is 3.30. The number of thioether (sulfide) groups is 1. The highest BCUT2D eigenvalue weighted by Gasteiger charge is 2.13. The van der Waals surface area contributed by atoms with E-state index in [0.717, 1.165) is 33.8 Å². The summed E-state index contributed by atoms with van der Waals surface area (Å²) in [5.74, 6) is 1.01. The third kappa shape index (κ3) is 5.95. The molecule has 4 aromatic rings. The van der Waals surface area contributed by atoms with E-state index in [2.05, 4.69) is 60.2 Å². The van der Waals surface area contributed by atoms with Crippen molar-refractivity contribution in [1.82, 2.24) is 20.4 Å². The van der Waals surface area contributed by atoms with Crippen molar-refractivity contribution in [2.24, 2.45) is 0 Å². The molecule has 1 aromatic heterocycles. The molecule has 5 nitrogen and oxygen atoms in total. The molecule has 4 rings (SSSR count). The van der Waals surface area contributed by atoms with Crippen molar-refractivity contribution >= 4 is 17.7 Å². The number of nitrogens with zero attached hydrogens (tertiary/aromatic N) is 2. The van der Waals surface area contributed by atoms with E-state index in [9.17, 15) is 4.79 Å². The molecular weight excluding hydrogens is 440 g/mol. The first-order valence-electron chi connectivity index (χ1n) is 11.6. The number of amides is 1. The van der Waals surface area contributed by atoms with Crippen molar-refractivity contribution in [2.45, 2.75) is 31.8 Å². The summed E-state index contributed by atoms with van der Waals surface area (Å²) in [6.45, 7) is 6.03. The van der Waals surface area contributed by atoms with Crippen molar-refractivity contribution in [3.05, 3.63) is 102 Å². The summed E-state index contributed by atoms with van der Waals surface area (Å²) in [6, 6.07) is 26.5. The van der Waals surface area contributed by atoms with Crippen LogP contribution in [0.1, 0.15) is 35.3 Å². The van der Waals surface area contributed by atoms with Crippen LogP contribution in [0.5, 0.6) is 0 Å². The minimum Gasteiger partial charge on any atom is -0.352 e. The summed E-state index contributed by atoms with van der Waals surface area (Å²) in [6.07, 6.45) is 2.09. The molecule has 1 heterocycles. The fraction of sp³-hybridized carbons (Fsp3) is 0.214. The van der Waals surface area contributed by atoms with Gasteiger partial charge in [-0.05, 0) is 54.6 Å². The highest BCUT2D eigenvalue weighted by Crippen LogP contribution is 2.27. The van der Waals surface area contributed by atoms with Gasteiger partial charge in [0.05, 0.1) is 11.4 Å². The maximum absolute atomic E-state index is 12.2. The lowest BCUT2D eigenvalue weighted by Gasteiger charge is -2.08. The molecule has 0 unspecified atom stereocenters. The Morgan fingerprint density at radius 3 is 2.47 bits per heavy atom. The highest BCUT2D eigenvalue weighted by atomic mass is 32.2. The van der Waals surface area contributed by atoms with Gasteiger partial charge in [0.25, 0.3) is 5.91 Å². The molecule has 3 aromatic carbocycles. The van der Waals surface area contributed by atoms with Gasteiger partial charge in [-0.25, -0.2) is 4.68 Å². The van der Waals surface area contributed by atoms with Crippen molar-refractivity contribution in [3.63, 3.8) is 0 Å². The van der Waals surface area contributed by atoms with Gasteiger partial charge >= 0.3 is 0 Å². The van der Waals surface area contributed by atoms with Gasteiger partial charge in [0.15, 0.2) is 0 Å². The molecule has 174 valence electrons. The van der Waals surface area contributed by atoms with Gasteiger partial charge in [0, 0.05) is 47.4 Å². The fourth-order valence-electron chi connectivity index (χ4n) is 3.80. The van der Waals surface area contributed by atoms with Crippen LogP contribution in [0.15, 0.2) is 90.0 Å². The molecule has 0 atom stereocenters. The van der Waals surface area contributed by atoms with Crippen molar-refractivity contribution < 1.29 is 4.79 Å². The van der Waals surface area contributed by atoms with E-state index >= 15 is 0 Å². The van der Waals surface area contributed by atoms with Gasteiger partial charge in [-0.2, -0.15) is 5.10 Å². The Morgan fingerprint density at radius 2 is 1.74 bits per heavy atom. The van der Waals surface area contributed by atoms with Crippen LogP contribution in [0.3, 0.4) is 0 Å². The number of hydrogen-bond donors (Lipinski definition) is 2. The predicted molar refractivity (Wildman–Crippen MR) is 140 cm³/mol. The maximum Gasteiger partial charge on any atom is 0.251 e. The zero-order chi connectivity index (χ0) is 23.8. The Labute approximate surface area is 205 Å². The first-order valence-corrected chi connectivity index (χ1v) is 12.6. The van der Waals surface area contributed by atoms with Crippen LogP contribution in [0, 0.1) is 0 Å². The van der Waals surface area contributed by atoms with Gasteiger partial charge in [-0.3, -0.25) is 4.79 Å². The first-order chi connectivity index (χ1) is 16.7. The topological polar surface area (TPSA) is 59.0 Å². The molecule has 0 aliphatic rings. The van der Waals surface area contributed by atoms with E-state index in [0.29, 0.717) is 25.2 Å². The monoisotopic (exact) mass is 470 g/mol. The zero-order valence-corrected chi connectivity index (χ0v) is 20.4. The number of carbonyl (C=O) groups is 1. The molecule has 0 spiro atoms. The minimum absolute atomic E-state index is 0.0412. The number of rotatable bonds is 10. The summed E-state index contributed by atoms with van der Waals surface area (Å²) in [4.78, 5) is 13.4. The molecule has 0 radical (unpaired) electrons. The molecule has 1 amide bonds. The normalized spacial score (nSPS) is 10.9. The molecule has 0 aliphatic heterocycles. The zero-order valence-electron chi connectivity index (χ0n) is 19.6. The fourth-order valence-corrected chi connectivity index (χ4v) is 4.46. The lowest BCUT2D eigenvalue weighted by molar-refractivity contribution is 0.0955. The summed E-state index contributed by atoms with van der Waals surface area (Å²) in [5, 5.41) is 11.3. The van der Waals surface area contributed by atoms with Gasteiger partial charge in [-0.15, -0.1) is 11.8 Å². The Morgan fingerprint density at radius 1 is 0.941 bits per heavy atom. The van der Waals surface area contributed by atoms with E-state index in [1.807, 2.05) is 65.8 Å². The molecule has 2 N–H and O–H groups in total. The SMILES string of the molecule is CCNC(=O)c1cccc(CNCc2cn(-c3ccccc3)nc2-c2ccc(SCC)cc2)c1. The second-order valence-electron chi connectivity index (χ2n) is 7.90. The van der Waals surface area contributed by atoms with E-state index in [4.69, 9.17) is 5.10 Å². The minimum atomic E-state index is -0.0412. The first kappa shape index (κ1) is 23.8. The van der Waals surface area contributed by atoms with Gasteiger partial charge in [-0.1, -0.05) is 49.4 Å². The Hall–Kier alpha value is -3.35. The van der Waals surface area contributed by atoms with E-state index in [1.54, 1.807) is 0 Å². The predicted octanol–water partition coefficient (Wildman–Crippen LogP) is 5.69. The number of hydrogen-bond acceptors (Lipinski definition) is 4. The molecule has 34 heavy (non-hydrogen) atoms. The Bertz CT molecular complexity index is 1220. The van der Waals surface area contributed by atoms with Crippen LogP contribution in [0.4, 0.5) is 0 Å². The third-order valence-electron chi connectivity index (χ3n) is 5.42. The summed E-state index contributed by atoms with van der Waals surface area (Å²) < 4.78 is 1.94. The smallest absolute Gasteiger partial charge is 0.251 e. The van der Waals surface area contributed by atoms with Crippen LogP contribution in [0.25, 0.3) is 16.9 Å². The largest absolute Gasteiger partial charge is 0.352 e. The van der Waals surface area contributed by atoms with Crippen molar-refractivity contribution in [1.29, 1.82) is 0 Å². The lowest BCUT2D eigenvalue weighted by atomic mass is 10.1. The van der Waals surface area contributed by atoms with Crippen LogP contribution in [-0.4, -0.2) is 28.0 Å². The van der Waals surface area contributed by atoms with E-state index in [-0.39, 0.29) is 5.91 Å². The number of carbonyl (C=O) groups excluding carboxylic acids is 1. The summed E-state index contributed by atoms with van der Waals surface area (Å²) >= 11 is 1.84. The van der Waals surface area contributed by atoms with Crippen LogP contribution in [-0.2, 0) is 13.1 Å². The molecule has 0 saturated heterocycles. The number of nitrogens with one attached hydrogen (secondary N) is 2. The summed E-state index contributed by atoms with van der Waals surface area (Å²) in [7, 11) is 0. The highest BCUT2D eigenvalue weighted by molar-refractivity contribution is 7.99. The van der Waals surface area contributed by atoms with E-state index < -0.39 is 0 Å². The second-order valence-corrected chi connectivity index (χ2v) is 9.24. The number of benzene rings is 3. The number of para-hydroxylation sites is 1. The molecule has 0 bridgehead atoms. The quantitative estimate of drug-likeness (QED) is 0.292. The molecule has 6 heteroatoms. The average molecular weight is 471 g/mol. The van der Waals surface area contributed by atoms with Gasteiger partial charge < -0.3 is 10.6 Å². The summed E-state index contributed by atoms with van der Waals surface area (Å²) in [5.41, 5.74) is 5.98. The standard InChI is InChI=1S/C28H30N4OS/c1-3-30-28(33)23-10-8-9-21(17-23)18-29-19-24-20-32(25-11-6-5-7-12-25)31-27(24)22-13-15-26(16-14-22)34-4-2/h5-17,20,29H,3-4,18-19H2,1-2H3,(H,30,33). The molecule has 0 saturated carbocycles. The van der Waals surface area contributed by atoms with E-state index in [1.165, 1.54) is 4.90 Å². The molecular formula is C28H30N4OS. The van der Waals surface area contributed by atoms with Crippen LogP contribution >= 0.6 is 11.8 Å². The van der Waals surface area contributed by atoms with Crippen LogP contribution < -0.4 is 10.6 Å². The Kier molecular flexibility index (Phi) is 8.17. The van der Waals surface area contributed by atoms with Crippen LogP contribution in [0.2, 0.25) is 0 Å². The Balaban J connectivity index is 1.54. The number of aromatic nitrogens is 2. The van der Waals surface area contributed by atoms with Crippen molar-refractivity contribution in [2.75, 3.05) is 12.3 Å². The van der Waals surface area contributed by atoms with Gasteiger partial charge in [0.2, 0.25) is 0 Å². The maximum atomic E-state index is 12.2.